The van der Waals surface area contributed by atoms with Crippen LogP contribution in [0, 0.1) is 0 Å². The number of pyridine rings is 3. The van der Waals surface area contributed by atoms with E-state index in [4.69, 9.17) is 0 Å². The van der Waals surface area contributed by atoms with Crippen LogP contribution in [0.5, 0.6) is 0 Å². The summed E-state index contributed by atoms with van der Waals surface area (Å²) in [6.45, 7) is 0.521. The highest BCUT2D eigenvalue weighted by Gasteiger charge is 2.14. The van der Waals surface area contributed by atoms with Crippen LogP contribution in [0.25, 0.3) is 10.8 Å². The third-order valence-electron chi connectivity index (χ3n) is 3.61. The summed E-state index contributed by atoms with van der Waals surface area (Å²) in [4.78, 5) is 28.9. The third-order valence-corrected chi connectivity index (χ3v) is 3.61. The minimum Gasteiger partial charge on any atom is -0.288 e. The van der Waals surface area contributed by atoms with Gasteiger partial charge in [0.2, 0.25) is 5.95 Å². The lowest BCUT2D eigenvalue weighted by atomic mass is 10.1. The average molecular weight is 331 g/mol. The molecule has 25 heavy (non-hydrogen) atoms. The number of nitrogens with zero attached hydrogens (tertiary/aromatic N) is 6. The SMILES string of the molecule is O=C(Nc1ncn(Cc2cccnc2)n1)c1nccc2ccncc12. The second kappa shape index (κ2) is 6.44. The molecule has 0 radical (unpaired) electrons. The first-order valence-electron chi connectivity index (χ1n) is 7.58. The van der Waals surface area contributed by atoms with Crippen molar-refractivity contribution in [2.75, 3.05) is 5.32 Å². The quantitative estimate of drug-likeness (QED) is 0.613. The number of anilines is 1. The third kappa shape index (κ3) is 3.18. The number of amides is 1. The smallest absolute Gasteiger partial charge is 0.277 e. The molecule has 0 spiro atoms. The summed E-state index contributed by atoms with van der Waals surface area (Å²) < 4.78 is 1.63. The molecular weight excluding hydrogens is 318 g/mol. The predicted molar refractivity (Wildman–Crippen MR) is 90.9 cm³/mol. The summed E-state index contributed by atoms with van der Waals surface area (Å²) in [5.74, 6) is -0.158. The van der Waals surface area contributed by atoms with Gasteiger partial charge in [-0.3, -0.25) is 25.1 Å². The van der Waals surface area contributed by atoms with Gasteiger partial charge in [-0.05, 0) is 29.1 Å². The zero-order chi connectivity index (χ0) is 17.1. The number of hydrogen-bond acceptors (Lipinski definition) is 6. The molecule has 4 aromatic rings. The number of fused-ring (bicyclic) bond motifs is 1. The standard InChI is InChI=1S/C17H13N7O/c25-16(15-14-9-19-6-3-13(14)4-7-20-15)22-17-21-11-24(23-17)10-12-2-1-5-18-8-12/h1-9,11H,10H2,(H,22,23,25). The van der Waals surface area contributed by atoms with Crippen LogP contribution >= 0.6 is 0 Å². The van der Waals surface area contributed by atoms with E-state index in [1.54, 1.807) is 42.0 Å². The van der Waals surface area contributed by atoms with Gasteiger partial charge < -0.3 is 0 Å². The van der Waals surface area contributed by atoms with Gasteiger partial charge in [0.05, 0.1) is 6.54 Å². The Bertz CT molecular complexity index is 1020. The largest absolute Gasteiger partial charge is 0.288 e. The molecule has 0 saturated carbocycles. The van der Waals surface area contributed by atoms with Crippen molar-refractivity contribution >= 4 is 22.6 Å². The summed E-state index contributed by atoms with van der Waals surface area (Å²) in [7, 11) is 0. The zero-order valence-electron chi connectivity index (χ0n) is 13.1. The average Bonchev–Trinajstić information content (AvgIpc) is 3.09. The van der Waals surface area contributed by atoms with Gasteiger partial charge in [0.25, 0.3) is 5.91 Å². The zero-order valence-corrected chi connectivity index (χ0v) is 13.1. The van der Waals surface area contributed by atoms with Crippen molar-refractivity contribution in [1.82, 2.24) is 29.7 Å². The molecule has 0 aliphatic carbocycles. The van der Waals surface area contributed by atoms with Gasteiger partial charge in [-0.15, -0.1) is 5.10 Å². The van der Waals surface area contributed by atoms with Crippen LogP contribution in [-0.2, 0) is 6.54 Å². The maximum Gasteiger partial charge on any atom is 0.277 e. The molecule has 8 heteroatoms. The molecule has 4 aromatic heterocycles. The van der Waals surface area contributed by atoms with Crippen molar-refractivity contribution in [3.8, 4) is 0 Å². The molecule has 0 atom stereocenters. The molecule has 0 saturated heterocycles. The Morgan fingerprint density at radius 1 is 1.04 bits per heavy atom. The Kier molecular flexibility index (Phi) is 3.83. The Morgan fingerprint density at radius 2 is 1.92 bits per heavy atom. The molecule has 122 valence electrons. The topological polar surface area (TPSA) is 98.5 Å². The van der Waals surface area contributed by atoms with Crippen LogP contribution in [-0.4, -0.2) is 35.6 Å². The molecule has 0 aliphatic heterocycles. The van der Waals surface area contributed by atoms with Gasteiger partial charge in [0.1, 0.15) is 12.0 Å². The summed E-state index contributed by atoms with van der Waals surface area (Å²) in [5.41, 5.74) is 1.28. The van der Waals surface area contributed by atoms with Crippen LogP contribution in [0.4, 0.5) is 5.95 Å². The van der Waals surface area contributed by atoms with Gasteiger partial charge >= 0.3 is 0 Å². The van der Waals surface area contributed by atoms with Crippen molar-refractivity contribution in [3.05, 3.63) is 72.8 Å². The fraction of sp³-hybridized carbons (Fsp3) is 0.0588. The van der Waals surface area contributed by atoms with Gasteiger partial charge in [-0.25, -0.2) is 9.67 Å². The van der Waals surface area contributed by atoms with Crippen molar-refractivity contribution in [3.63, 3.8) is 0 Å². The number of carbonyl (C=O) groups excluding carboxylic acids is 1. The number of aromatic nitrogens is 6. The molecule has 8 nitrogen and oxygen atoms in total. The Labute approximate surface area is 142 Å². The summed E-state index contributed by atoms with van der Waals surface area (Å²) in [5, 5.41) is 8.49. The molecular formula is C17H13N7O. The van der Waals surface area contributed by atoms with E-state index in [0.29, 0.717) is 11.9 Å². The first kappa shape index (κ1) is 14.9. The van der Waals surface area contributed by atoms with Crippen LogP contribution in [0.2, 0.25) is 0 Å². The molecule has 0 unspecified atom stereocenters. The second-order valence-corrected chi connectivity index (χ2v) is 5.34. The van der Waals surface area contributed by atoms with Crippen LogP contribution in [0.15, 0.2) is 61.6 Å². The lowest BCUT2D eigenvalue weighted by Gasteiger charge is -2.04. The maximum absolute atomic E-state index is 12.5. The number of carbonyl (C=O) groups is 1. The Balaban J connectivity index is 1.53. The number of nitrogens with one attached hydrogen (secondary N) is 1. The summed E-state index contributed by atoms with van der Waals surface area (Å²) >= 11 is 0. The van der Waals surface area contributed by atoms with E-state index in [0.717, 1.165) is 10.9 Å². The van der Waals surface area contributed by atoms with Crippen molar-refractivity contribution in [1.29, 1.82) is 0 Å². The van der Waals surface area contributed by atoms with E-state index < -0.39 is 0 Å². The molecule has 0 aromatic carbocycles. The van der Waals surface area contributed by atoms with Crippen LogP contribution in [0.3, 0.4) is 0 Å². The molecule has 0 aliphatic rings. The predicted octanol–water partition coefficient (Wildman–Crippen LogP) is 1.92. The van der Waals surface area contributed by atoms with E-state index in [-0.39, 0.29) is 17.5 Å². The maximum atomic E-state index is 12.5. The van der Waals surface area contributed by atoms with Crippen LogP contribution in [0.1, 0.15) is 16.1 Å². The lowest BCUT2D eigenvalue weighted by molar-refractivity contribution is 0.102. The fourth-order valence-corrected chi connectivity index (χ4v) is 2.46. The van der Waals surface area contributed by atoms with Gasteiger partial charge in [-0.1, -0.05) is 6.07 Å². The van der Waals surface area contributed by atoms with Crippen molar-refractivity contribution < 1.29 is 4.79 Å². The van der Waals surface area contributed by atoms with E-state index in [1.165, 1.54) is 0 Å². The van der Waals surface area contributed by atoms with Gasteiger partial charge in [-0.2, -0.15) is 0 Å². The number of rotatable bonds is 4. The van der Waals surface area contributed by atoms with Crippen LogP contribution < -0.4 is 5.32 Å². The Hall–Kier alpha value is -3.68. The first-order chi connectivity index (χ1) is 12.3. The molecule has 4 heterocycles. The van der Waals surface area contributed by atoms with Gasteiger partial charge in [0.15, 0.2) is 0 Å². The highest BCUT2D eigenvalue weighted by atomic mass is 16.2. The first-order valence-corrected chi connectivity index (χ1v) is 7.58. The van der Waals surface area contributed by atoms with E-state index in [2.05, 4.69) is 30.4 Å². The highest BCUT2D eigenvalue weighted by Crippen LogP contribution is 2.16. The van der Waals surface area contributed by atoms with E-state index >= 15 is 0 Å². The molecule has 4 rings (SSSR count). The minimum atomic E-state index is -0.377. The summed E-state index contributed by atoms with van der Waals surface area (Å²) in [6.07, 6.45) is 9.90. The highest BCUT2D eigenvalue weighted by molar-refractivity contribution is 6.10. The Morgan fingerprint density at radius 3 is 2.80 bits per heavy atom. The van der Waals surface area contributed by atoms with Crippen molar-refractivity contribution in [2.24, 2.45) is 0 Å². The monoisotopic (exact) mass is 331 g/mol. The number of hydrogen-bond donors (Lipinski definition) is 1. The molecule has 1 N–H and O–H groups in total. The summed E-state index contributed by atoms with van der Waals surface area (Å²) in [6, 6.07) is 7.46. The second-order valence-electron chi connectivity index (χ2n) is 5.34. The molecule has 1 amide bonds. The normalized spacial score (nSPS) is 10.7. The lowest BCUT2D eigenvalue weighted by Crippen LogP contribution is -2.15. The minimum absolute atomic E-state index is 0.219. The van der Waals surface area contributed by atoms with E-state index in [1.807, 2.05) is 24.3 Å². The van der Waals surface area contributed by atoms with Crippen molar-refractivity contribution in [2.45, 2.75) is 6.54 Å². The molecule has 0 fully saturated rings. The van der Waals surface area contributed by atoms with E-state index in [9.17, 15) is 4.79 Å². The van der Waals surface area contributed by atoms with Gasteiger partial charge in [0, 0.05) is 36.4 Å². The fourth-order valence-electron chi connectivity index (χ4n) is 2.46. The molecule has 0 bridgehead atoms.